The first-order valence-corrected chi connectivity index (χ1v) is 10.1. The Bertz CT molecular complexity index is 1050. The van der Waals surface area contributed by atoms with Crippen LogP contribution in [0.4, 0.5) is 17.1 Å². The number of hydrogen-bond donors (Lipinski definition) is 1. The second kappa shape index (κ2) is 7.89. The number of carbonyl (C=O) groups excluding carboxylic acids is 2. The second-order valence-corrected chi connectivity index (χ2v) is 7.63. The Morgan fingerprint density at radius 2 is 1.66 bits per heavy atom. The zero-order chi connectivity index (χ0) is 20.4. The summed E-state index contributed by atoms with van der Waals surface area (Å²) in [4.78, 5) is 26.8. The first-order chi connectivity index (χ1) is 14.0. The van der Waals surface area contributed by atoms with Gasteiger partial charge in [0.25, 0.3) is 0 Å². The normalized spacial score (nSPS) is 15.9. The summed E-state index contributed by atoms with van der Waals surface area (Å²) in [6.45, 7) is 3.00. The lowest BCUT2D eigenvalue weighted by Crippen LogP contribution is -2.37. The summed E-state index contributed by atoms with van der Waals surface area (Å²) in [5, 5.41) is 11.3. The molecule has 146 valence electrons. The van der Waals surface area contributed by atoms with Crippen LogP contribution < -0.4 is 15.2 Å². The van der Waals surface area contributed by atoms with E-state index in [0.29, 0.717) is 11.5 Å². The van der Waals surface area contributed by atoms with Gasteiger partial charge in [-0.2, -0.15) is 0 Å². The van der Waals surface area contributed by atoms with Gasteiger partial charge < -0.3 is 5.32 Å². The molecule has 0 saturated carbocycles. The molecule has 1 aliphatic rings. The van der Waals surface area contributed by atoms with Gasteiger partial charge in [0, 0.05) is 30.1 Å². The van der Waals surface area contributed by atoms with Gasteiger partial charge in [0.2, 0.25) is 5.91 Å². The third-order valence-corrected chi connectivity index (χ3v) is 5.42. The third-order valence-electron chi connectivity index (χ3n) is 4.51. The van der Waals surface area contributed by atoms with E-state index in [-0.39, 0.29) is 17.9 Å². The van der Waals surface area contributed by atoms with Crippen molar-refractivity contribution in [2.24, 2.45) is 5.10 Å². The summed E-state index contributed by atoms with van der Waals surface area (Å²) in [6.07, 6.45) is -0.275. The number of ketones is 1. The van der Waals surface area contributed by atoms with E-state index in [4.69, 9.17) is 0 Å². The quantitative estimate of drug-likeness (QED) is 0.673. The summed E-state index contributed by atoms with van der Waals surface area (Å²) in [5.74, 6) is 0.132. The number of anilines is 3. The molecule has 0 bridgehead atoms. The topological polar surface area (TPSA) is 65.0 Å². The highest BCUT2D eigenvalue weighted by Gasteiger charge is 2.39. The highest BCUT2D eigenvalue weighted by molar-refractivity contribution is 7.10. The summed E-state index contributed by atoms with van der Waals surface area (Å²) in [5.41, 5.74) is 2.43. The van der Waals surface area contributed by atoms with E-state index in [2.05, 4.69) is 10.4 Å². The summed E-state index contributed by atoms with van der Waals surface area (Å²) in [6, 6.07) is 21.3. The van der Waals surface area contributed by atoms with Crippen molar-refractivity contribution >= 4 is 45.9 Å². The fourth-order valence-electron chi connectivity index (χ4n) is 3.31. The number of carbonyl (C=O) groups is 2. The Kier molecular flexibility index (Phi) is 5.14. The van der Waals surface area contributed by atoms with Gasteiger partial charge in [0.15, 0.2) is 17.8 Å². The molecule has 1 aliphatic heterocycles. The number of hydrogen-bond acceptors (Lipinski definition) is 6. The van der Waals surface area contributed by atoms with Gasteiger partial charge in [-0.25, -0.2) is 5.01 Å². The second-order valence-electron chi connectivity index (χ2n) is 6.65. The molecule has 2 aromatic carbocycles. The SMILES string of the molecule is CC(=O)Nc1ccc(N2C(C(C)=O)=NN(c3ccccc3)C2c2cccs2)cc1. The maximum Gasteiger partial charge on any atom is 0.221 e. The van der Waals surface area contributed by atoms with E-state index >= 15 is 0 Å². The van der Waals surface area contributed by atoms with Gasteiger partial charge in [0.05, 0.1) is 5.69 Å². The zero-order valence-electron chi connectivity index (χ0n) is 16.1. The Labute approximate surface area is 173 Å². The molecule has 1 N–H and O–H groups in total. The van der Waals surface area contributed by atoms with Crippen molar-refractivity contribution in [3.05, 3.63) is 77.0 Å². The van der Waals surface area contributed by atoms with Gasteiger partial charge in [-0.15, -0.1) is 16.4 Å². The Balaban J connectivity index is 1.80. The molecule has 1 amide bonds. The highest BCUT2D eigenvalue weighted by atomic mass is 32.1. The monoisotopic (exact) mass is 404 g/mol. The number of hydrazone groups is 1. The van der Waals surface area contributed by atoms with Crippen molar-refractivity contribution < 1.29 is 9.59 Å². The minimum atomic E-state index is -0.275. The van der Waals surface area contributed by atoms with Crippen molar-refractivity contribution in [1.29, 1.82) is 0 Å². The predicted molar refractivity (Wildman–Crippen MR) is 117 cm³/mol. The maximum absolute atomic E-state index is 12.5. The van der Waals surface area contributed by atoms with Gasteiger partial charge in [-0.3, -0.25) is 14.5 Å². The Morgan fingerprint density at radius 3 is 2.24 bits per heavy atom. The van der Waals surface area contributed by atoms with E-state index in [0.717, 1.165) is 16.3 Å². The lowest BCUT2D eigenvalue weighted by Gasteiger charge is -2.31. The van der Waals surface area contributed by atoms with Crippen LogP contribution in [0.1, 0.15) is 24.9 Å². The molecule has 1 unspecified atom stereocenters. The van der Waals surface area contributed by atoms with E-state index < -0.39 is 0 Å². The molecule has 29 heavy (non-hydrogen) atoms. The highest BCUT2D eigenvalue weighted by Crippen LogP contribution is 2.40. The number of thiophene rings is 1. The number of amides is 1. The van der Waals surface area contributed by atoms with Gasteiger partial charge in [-0.1, -0.05) is 24.3 Å². The van der Waals surface area contributed by atoms with Crippen LogP contribution >= 0.6 is 11.3 Å². The van der Waals surface area contributed by atoms with E-state index in [9.17, 15) is 9.59 Å². The number of Topliss-reactive ketones (excluding diaryl/α,β-unsaturated/α-hetero) is 1. The Hall–Kier alpha value is -3.45. The van der Waals surface area contributed by atoms with Crippen LogP contribution in [0.2, 0.25) is 0 Å². The summed E-state index contributed by atoms with van der Waals surface area (Å²) in [7, 11) is 0. The molecule has 0 saturated heterocycles. The van der Waals surface area contributed by atoms with Gasteiger partial charge in [-0.05, 0) is 47.8 Å². The van der Waals surface area contributed by atoms with Crippen molar-refractivity contribution in [3.63, 3.8) is 0 Å². The minimum absolute atomic E-state index is 0.115. The van der Waals surface area contributed by atoms with Crippen molar-refractivity contribution in [3.8, 4) is 0 Å². The average molecular weight is 404 g/mol. The van der Waals surface area contributed by atoms with Crippen LogP contribution in [0.15, 0.2) is 77.2 Å². The molecule has 4 rings (SSSR count). The van der Waals surface area contributed by atoms with Crippen LogP contribution in [0.25, 0.3) is 0 Å². The zero-order valence-corrected chi connectivity index (χ0v) is 16.9. The van der Waals surface area contributed by atoms with Crippen LogP contribution in [-0.4, -0.2) is 17.5 Å². The average Bonchev–Trinajstić information content (AvgIpc) is 3.36. The molecule has 7 heteroatoms. The maximum atomic E-state index is 12.5. The van der Waals surface area contributed by atoms with Gasteiger partial charge >= 0.3 is 0 Å². The molecule has 0 aliphatic carbocycles. The van der Waals surface area contributed by atoms with E-state index in [1.54, 1.807) is 11.3 Å². The lowest BCUT2D eigenvalue weighted by atomic mass is 10.2. The molecule has 2 heterocycles. The lowest BCUT2D eigenvalue weighted by molar-refractivity contribution is -0.114. The number of nitrogens with one attached hydrogen (secondary N) is 1. The number of rotatable bonds is 5. The predicted octanol–water partition coefficient (Wildman–Crippen LogP) is 4.63. The van der Waals surface area contributed by atoms with E-state index in [1.165, 1.54) is 13.8 Å². The third kappa shape index (κ3) is 3.77. The van der Waals surface area contributed by atoms with Gasteiger partial charge in [0.1, 0.15) is 0 Å². The number of nitrogens with zero attached hydrogens (tertiary/aromatic N) is 3. The molecule has 0 radical (unpaired) electrons. The largest absolute Gasteiger partial charge is 0.326 e. The molecule has 6 nitrogen and oxygen atoms in total. The van der Waals surface area contributed by atoms with Crippen LogP contribution in [0.5, 0.6) is 0 Å². The first kappa shape index (κ1) is 18.9. The molecule has 1 atom stereocenters. The van der Waals surface area contributed by atoms with Crippen LogP contribution in [0.3, 0.4) is 0 Å². The van der Waals surface area contributed by atoms with E-state index in [1.807, 2.05) is 82.0 Å². The minimum Gasteiger partial charge on any atom is -0.326 e. The van der Waals surface area contributed by atoms with Crippen LogP contribution in [-0.2, 0) is 9.59 Å². The molecular formula is C22H20N4O2S. The fourth-order valence-corrected chi connectivity index (χ4v) is 4.11. The smallest absolute Gasteiger partial charge is 0.221 e. The number of benzene rings is 2. The van der Waals surface area contributed by atoms with Crippen molar-refractivity contribution in [1.82, 2.24) is 0 Å². The molecule has 1 aromatic heterocycles. The first-order valence-electron chi connectivity index (χ1n) is 9.18. The molecular weight excluding hydrogens is 384 g/mol. The standard InChI is InChI=1S/C22H20N4O2S/c1-15(27)21-24-26(19-7-4-3-5-8-19)22(20-9-6-14-29-20)25(21)18-12-10-17(11-13-18)23-16(2)28/h3-14,22H,1-2H3,(H,23,28). The summed E-state index contributed by atoms with van der Waals surface area (Å²) < 4.78 is 0. The summed E-state index contributed by atoms with van der Waals surface area (Å²) >= 11 is 1.62. The Morgan fingerprint density at radius 1 is 0.931 bits per heavy atom. The molecule has 0 fully saturated rings. The molecule has 3 aromatic rings. The number of amidine groups is 1. The van der Waals surface area contributed by atoms with Crippen LogP contribution in [0, 0.1) is 0 Å². The molecule has 0 spiro atoms. The van der Waals surface area contributed by atoms with Crippen molar-refractivity contribution in [2.45, 2.75) is 20.0 Å². The van der Waals surface area contributed by atoms with Crippen molar-refractivity contribution in [2.75, 3.05) is 15.2 Å². The fraction of sp³-hybridized carbons (Fsp3) is 0.136. The number of para-hydroxylation sites is 1.